The number of urea groups is 1. The lowest BCUT2D eigenvalue weighted by atomic mass is 9.95. The summed E-state index contributed by atoms with van der Waals surface area (Å²) >= 11 is 0. The van der Waals surface area contributed by atoms with Gasteiger partial charge in [0.05, 0.1) is 13.7 Å². The van der Waals surface area contributed by atoms with Crippen LogP contribution in [0.2, 0.25) is 0 Å². The Morgan fingerprint density at radius 3 is 2.70 bits per heavy atom. The SMILES string of the molecule is COc1ccc2c(c1)C(=O)N(CC1(c3cc4cc(C)ccc4o3)NC(=O)NC1=O)C2. The van der Waals surface area contributed by atoms with Crippen molar-refractivity contribution in [2.45, 2.75) is 19.0 Å². The third kappa shape index (κ3) is 2.64. The second-order valence-corrected chi connectivity index (χ2v) is 7.65. The molecule has 1 aromatic heterocycles. The van der Waals surface area contributed by atoms with Crippen molar-refractivity contribution >= 4 is 28.8 Å². The molecular weight excluding hydrogens is 386 g/mol. The number of ether oxygens (including phenoxy) is 1. The van der Waals surface area contributed by atoms with Crippen LogP contribution in [0.4, 0.5) is 4.79 Å². The van der Waals surface area contributed by atoms with Crippen LogP contribution in [0.15, 0.2) is 46.9 Å². The predicted molar refractivity (Wildman–Crippen MR) is 107 cm³/mol. The van der Waals surface area contributed by atoms with E-state index in [4.69, 9.17) is 9.15 Å². The molecular formula is C22H19N3O5. The number of amides is 4. The number of imide groups is 1. The molecule has 2 aromatic carbocycles. The Hall–Kier alpha value is -3.81. The van der Waals surface area contributed by atoms with Gasteiger partial charge in [0.2, 0.25) is 0 Å². The van der Waals surface area contributed by atoms with Gasteiger partial charge >= 0.3 is 6.03 Å². The molecule has 0 bridgehead atoms. The normalized spacial score (nSPS) is 20.5. The van der Waals surface area contributed by atoms with Crippen molar-refractivity contribution in [3.8, 4) is 5.75 Å². The molecule has 2 aliphatic heterocycles. The average Bonchev–Trinajstić information content (AvgIpc) is 3.36. The Morgan fingerprint density at radius 2 is 1.97 bits per heavy atom. The van der Waals surface area contributed by atoms with Crippen LogP contribution in [0, 0.1) is 6.92 Å². The van der Waals surface area contributed by atoms with E-state index in [9.17, 15) is 14.4 Å². The minimum atomic E-state index is -1.51. The van der Waals surface area contributed by atoms with Crippen LogP contribution < -0.4 is 15.4 Å². The molecule has 1 atom stereocenters. The van der Waals surface area contributed by atoms with Crippen molar-refractivity contribution in [3.05, 3.63) is 64.9 Å². The van der Waals surface area contributed by atoms with Crippen LogP contribution in [0.1, 0.15) is 27.2 Å². The number of benzene rings is 2. The van der Waals surface area contributed by atoms with Crippen molar-refractivity contribution < 1.29 is 23.5 Å². The fraction of sp³-hybridized carbons (Fsp3) is 0.227. The van der Waals surface area contributed by atoms with E-state index >= 15 is 0 Å². The monoisotopic (exact) mass is 405 g/mol. The fourth-order valence-corrected chi connectivity index (χ4v) is 4.11. The highest BCUT2D eigenvalue weighted by Gasteiger charge is 2.53. The number of carbonyl (C=O) groups excluding carboxylic acids is 3. The van der Waals surface area contributed by atoms with Crippen molar-refractivity contribution in [2.75, 3.05) is 13.7 Å². The minimum absolute atomic E-state index is 0.0563. The fourth-order valence-electron chi connectivity index (χ4n) is 4.11. The molecule has 0 aliphatic carbocycles. The third-order valence-corrected chi connectivity index (χ3v) is 5.66. The van der Waals surface area contributed by atoms with Gasteiger partial charge in [-0.1, -0.05) is 17.7 Å². The Morgan fingerprint density at radius 1 is 1.13 bits per heavy atom. The van der Waals surface area contributed by atoms with Gasteiger partial charge in [0.15, 0.2) is 5.54 Å². The van der Waals surface area contributed by atoms with E-state index in [1.165, 1.54) is 12.0 Å². The van der Waals surface area contributed by atoms with Crippen LogP contribution >= 0.6 is 0 Å². The predicted octanol–water partition coefficient (Wildman–Crippen LogP) is 2.44. The Balaban J connectivity index is 1.55. The Bertz CT molecular complexity index is 1230. The highest BCUT2D eigenvalue weighted by molar-refractivity contribution is 6.08. The Kier molecular flexibility index (Phi) is 3.86. The number of fused-ring (bicyclic) bond motifs is 2. The van der Waals surface area contributed by atoms with E-state index in [0.29, 0.717) is 23.4 Å². The zero-order valence-electron chi connectivity index (χ0n) is 16.4. The summed E-state index contributed by atoms with van der Waals surface area (Å²) in [7, 11) is 1.54. The first kappa shape index (κ1) is 18.2. The lowest BCUT2D eigenvalue weighted by Crippen LogP contribution is -2.52. The van der Waals surface area contributed by atoms with Gasteiger partial charge in [0.25, 0.3) is 11.8 Å². The lowest BCUT2D eigenvalue weighted by molar-refractivity contribution is -0.125. The summed E-state index contributed by atoms with van der Waals surface area (Å²) < 4.78 is 11.2. The molecule has 30 heavy (non-hydrogen) atoms. The van der Waals surface area contributed by atoms with Gasteiger partial charge in [-0.25, -0.2) is 4.79 Å². The number of nitrogens with one attached hydrogen (secondary N) is 2. The standard InChI is InChI=1S/C22H19N3O5/c1-12-3-6-17-14(7-12)8-18(30-17)22(20(27)23-21(28)24-22)11-25-10-13-4-5-15(29-2)9-16(13)19(25)26/h3-9H,10-11H2,1-2H3,(H2,23,24,27,28). The topological polar surface area (TPSA) is 101 Å². The van der Waals surface area contributed by atoms with E-state index in [2.05, 4.69) is 10.6 Å². The van der Waals surface area contributed by atoms with Gasteiger partial charge in [-0.3, -0.25) is 14.9 Å². The largest absolute Gasteiger partial charge is 0.497 e. The van der Waals surface area contributed by atoms with Gasteiger partial charge in [-0.2, -0.15) is 0 Å². The molecule has 8 heteroatoms. The minimum Gasteiger partial charge on any atom is -0.497 e. The van der Waals surface area contributed by atoms with Gasteiger partial charge in [0.1, 0.15) is 17.1 Å². The average molecular weight is 405 g/mol. The molecule has 1 saturated heterocycles. The maximum absolute atomic E-state index is 13.0. The molecule has 2 N–H and O–H groups in total. The summed E-state index contributed by atoms with van der Waals surface area (Å²) in [5.74, 6) is 0.0832. The second kappa shape index (κ2) is 6.35. The molecule has 4 amide bonds. The summed E-state index contributed by atoms with van der Waals surface area (Å²) in [6.45, 7) is 2.22. The van der Waals surface area contributed by atoms with E-state index in [1.54, 1.807) is 18.2 Å². The smallest absolute Gasteiger partial charge is 0.322 e. The third-order valence-electron chi connectivity index (χ3n) is 5.66. The first-order chi connectivity index (χ1) is 14.4. The van der Waals surface area contributed by atoms with E-state index < -0.39 is 17.5 Å². The van der Waals surface area contributed by atoms with Crippen molar-refractivity contribution in [3.63, 3.8) is 0 Å². The van der Waals surface area contributed by atoms with Crippen molar-refractivity contribution in [2.24, 2.45) is 0 Å². The number of hydrogen-bond donors (Lipinski definition) is 2. The highest BCUT2D eigenvalue weighted by Crippen LogP contribution is 2.35. The zero-order valence-corrected chi connectivity index (χ0v) is 16.4. The summed E-state index contributed by atoms with van der Waals surface area (Å²) in [6, 6.07) is 12.1. The molecule has 0 radical (unpaired) electrons. The number of carbonyl (C=O) groups is 3. The molecule has 2 aliphatic rings. The maximum atomic E-state index is 13.0. The number of aryl methyl sites for hydroxylation is 1. The van der Waals surface area contributed by atoms with Crippen LogP contribution in [0.5, 0.6) is 5.75 Å². The molecule has 1 unspecified atom stereocenters. The van der Waals surface area contributed by atoms with Crippen LogP contribution in [0.25, 0.3) is 11.0 Å². The highest BCUT2D eigenvalue weighted by atomic mass is 16.5. The van der Waals surface area contributed by atoms with Crippen molar-refractivity contribution in [1.29, 1.82) is 0 Å². The van der Waals surface area contributed by atoms with Gasteiger partial charge in [-0.05, 0) is 42.8 Å². The lowest BCUT2D eigenvalue weighted by Gasteiger charge is -2.29. The molecule has 1 fully saturated rings. The Labute approximate surface area is 171 Å². The molecule has 152 valence electrons. The van der Waals surface area contributed by atoms with Gasteiger partial charge in [0, 0.05) is 17.5 Å². The van der Waals surface area contributed by atoms with E-state index in [-0.39, 0.29) is 18.2 Å². The summed E-state index contributed by atoms with van der Waals surface area (Å²) in [5, 5.41) is 5.80. The number of methoxy groups -OCH3 is 1. The molecule has 0 spiro atoms. The number of rotatable bonds is 4. The second-order valence-electron chi connectivity index (χ2n) is 7.65. The maximum Gasteiger partial charge on any atom is 0.322 e. The first-order valence-corrected chi connectivity index (χ1v) is 9.50. The summed E-state index contributed by atoms with van der Waals surface area (Å²) in [5.41, 5.74) is 1.49. The number of nitrogens with zero attached hydrogens (tertiary/aromatic N) is 1. The van der Waals surface area contributed by atoms with Gasteiger partial charge < -0.3 is 19.4 Å². The number of hydrogen-bond acceptors (Lipinski definition) is 5. The molecule has 3 heterocycles. The molecule has 0 saturated carbocycles. The van der Waals surface area contributed by atoms with Gasteiger partial charge in [-0.15, -0.1) is 0 Å². The van der Waals surface area contributed by atoms with Crippen LogP contribution in [-0.2, 0) is 16.9 Å². The summed E-state index contributed by atoms with van der Waals surface area (Å²) in [4.78, 5) is 39.5. The molecule has 3 aromatic rings. The molecule has 5 rings (SSSR count). The first-order valence-electron chi connectivity index (χ1n) is 9.50. The molecule has 8 nitrogen and oxygen atoms in total. The van der Waals surface area contributed by atoms with Crippen molar-refractivity contribution in [1.82, 2.24) is 15.5 Å². The summed E-state index contributed by atoms with van der Waals surface area (Å²) in [6.07, 6.45) is 0. The van der Waals surface area contributed by atoms with E-state index in [0.717, 1.165) is 16.5 Å². The number of furan rings is 1. The zero-order chi connectivity index (χ0) is 21.0. The van der Waals surface area contributed by atoms with E-state index in [1.807, 2.05) is 31.2 Å². The quantitative estimate of drug-likeness (QED) is 0.650. The van der Waals surface area contributed by atoms with Crippen LogP contribution in [-0.4, -0.2) is 36.4 Å². The van der Waals surface area contributed by atoms with Crippen LogP contribution in [0.3, 0.4) is 0 Å².